The predicted octanol–water partition coefficient (Wildman–Crippen LogP) is 0.490. The van der Waals surface area contributed by atoms with E-state index < -0.39 is 95.2 Å². The first-order valence-corrected chi connectivity index (χ1v) is 50.5. The fourth-order valence-electron chi connectivity index (χ4n) is 17.0. The van der Waals surface area contributed by atoms with Crippen molar-refractivity contribution in [1.82, 2.24) is 0 Å². The van der Waals surface area contributed by atoms with Crippen molar-refractivity contribution in [3.8, 4) is 112 Å². The van der Waals surface area contributed by atoms with E-state index in [2.05, 4.69) is 12.1 Å². The molecule has 0 aliphatic rings. The fraction of sp³-hybridized carbons (Fsp3) is 0.184. The molecule has 24 nitrogen and oxygen atoms in total. The summed E-state index contributed by atoms with van der Waals surface area (Å²) < 4.78 is 259. The minimum absolute atomic E-state index is 0. The largest absolute Gasteiger partial charge is 1.00 e. The van der Waals surface area contributed by atoms with Crippen LogP contribution >= 0.6 is 0 Å². The molecule has 0 fully saturated rings. The molecular formula is C98H80Na6O24S6. The Morgan fingerprint density at radius 3 is 0.537 bits per heavy atom. The third kappa shape index (κ3) is 26.5. The fourth-order valence-corrected chi connectivity index (χ4v) is 19.8. The van der Waals surface area contributed by atoms with Gasteiger partial charge in [0.15, 0.2) is 0 Å². The van der Waals surface area contributed by atoms with Crippen LogP contribution in [0.4, 0.5) is 0 Å². The zero-order valence-electron chi connectivity index (χ0n) is 74.4. The average Bonchev–Trinajstić information content (AvgIpc) is 0.722. The van der Waals surface area contributed by atoms with Crippen molar-refractivity contribution in [3.63, 3.8) is 0 Å². The summed E-state index contributed by atoms with van der Waals surface area (Å²) in [7, 11) is -28.2. The van der Waals surface area contributed by atoms with Gasteiger partial charge in [0.2, 0.25) is 0 Å². The number of benzene rings is 16. The number of rotatable bonds is 37. The topological polar surface area (TPSA) is 399 Å². The number of hydrogen-bond donors (Lipinski definition) is 0. The molecule has 0 saturated heterocycles. The smallest absolute Gasteiger partial charge is 0.748 e. The molecule has 658 valence electrons. The third-order valence-electron chi connectivity index (χ3n) is 22.3. The summed E-state index contributed by atoms with van der Waals surface area (Å²) in [5.41, 5.74) is 7.94. The second-order valence-electron chi connectivity index (χ2n) is 31.0. The average molecular weight is 1970 g/mol. The van der Waals surface area contributed by atoms with Gasteiger partial charge < -0.3 is 55.7 Å². The molecule has 16 aromatic carbocycles. The Morgan fingerprint density at radius 2 is 0.343 bits per heavy atom. The minimum atomic E-state index is -4.72. The van der Waals surface area contributed by atoms with E-state index in [1.807, 2.05) is 231 Å². The van der Waals surface area contributed by atoms with Gasteiger partial charge in [-0.3, -0.25) is 0 Å². The van der Waals surface area contributed by atoms with Gasteiger partial charge in [-0.2, -0.15) is 0 Å². The van der Waals surface area contributed by atoms with E-state index in [1.165, 1.54) is 0 Å². The van der Waals surface area contributed by atoms with Crippen molar-refractivity contribution < 1.29 is 284 Å². The standard InChI is InChI=1S/C98H86O24S6.6Na/c99-123(100,101)49-17-43-117-87-41-39-63(57-81(87)95-73-31-9-13-35-77(73)97(78-36-14-10-32-74(78)95)85-59-83(93-69-27-5-1-23-65(69)55-66-24-2-6-28-70(66)93)89(119-45-19-51-125(105,106)107)61-91(85)121-47-21-53-127(111,112)113)64-40-42-88(118-44-18-50-124(102,103)104)82(58-64)96-75-33-11-15-37-79(75)98(80-38-16-12-34-76(80)96)86-60-84(94-71-29-7-3-25-67(71)56-68-26-4-8-30-72(68)94)90(120-46-20-52-126(108,109)110)62-92(86)122-48-22-54-128(114,115)116;;;;;;/h1-16,23-42,55-62H,17-22,43-54H2,(H,99,100,101)(H,102,103,104)(H,105,106,107)(H,108,109,110)(H,111,112,113)(H,114,115,116);;;;;;/q;6*+1/p-6. The summed E-state index contributed by atoms with van der Waals surface area (Å²) in [5, 5.41) is 11.7. The second kappa shape index (κ2) is 47.4. The first kappa shape index (κ1) is 110. The Morgan fingerprint density at radius 1 is 0.179 bits per heavy atom. The molecule has 0 unspecified atom stereocenters. The van der Waals surface area contributed by atoms with Gasteiger partial charge in [-0.25, -0.2) is 50.5 Å². The van der Waals surface area contributed by atoms with Crippen molar-refractivity contribution in [1.29, 1.82) is 0 Å². The number of fused-ring (bicyclic) bond motifs is 8. The van der Waals surface area contributed by atoms with E-state index >= 15 is 0 Å². The molecule has 0 amide bonds. The molecule has 36 heteroatoms. The molecule has 134 heavy (non-hydrogen) atoms. The van der Waals surface area contributed by atoms with Crippen LogP contribution in [0.1, 0.15) is 38.5 Å². The molecule has 0 N–H and O–H groups in total. The van der Waals surface area contributed by atoms with Crippen molar-refractivity contribution in [2.24, 2.45) is 0 Å². The Balaban J connectivity index is 0.00000310. The predicted molar refractivity (Wildman–Crippen MR) is 493 cm³/mol. The van der Waals surface area contributed by atoms with E-state index in [4.69, 9.17) is 28.4 Å². The SMILES string of the molecule is O=S(=O)([O-])CCCOc1cc(OCCCS(=O)(=O)[O-])c(-c2c3ccccc3c(-c3cc(-c4ccc(OCCCS(=O)(=O)[O-])c(-c5c6ccccc6c(-c6cc(-c7c8ccccc8cc8ccccc78)c(OCCCS(=O)(=O)[O-])cc6OCCCS(=O)(=O)[O-])c6ccccc56)c4)ccc3OCCCS(=O)(=O)[O-])c3ccccc23)cc1-c1c2ccccc2cc2ccccc12.[Na+].[Na+].[Na+].[Na+].[Na+].[Na+]. The van der Waals surface area contributed by atoms with Crippen molar-refractivity contribution in [3.05, 3.63) is 267 Å². The Labute approximate surface area is 910 Å². The summed E-state index contributed by atoms with van der Waals surface area (Å²) in [6, 6.07) is 83.4. The molecule has 0 aliphatic heterocycles. The van der Waals surface area contributed by atoms with Gasteiger partial charge in [-0.15, -0.1) is 0 Å². The maximum atomic E-state index is 12.2. The van der Waals surface area contributed by atoms with Gasteiger partial charge in [0.1, 0.15) is 34.5 Å². The molecule has 0 aromatic heterocycles. The minimum Gasteiger partial charge on any atom is -0.748 e. The first-order chi connectivity index (χ1) is 61.3. The van der Waals surface area contributed by atoms with Crippen LogP contribution in [0, 0.1) is 0 Å². The van der Waals surface area contributed by atoms with E-state index in [-0.39, 0.29) is 290 Å². The summed E-state index contributed by atoms with van der Waals surface area (Å²) >= 11 is 0. The van der Waals surface area contributed by atoms with Gasteiger partial charge in [0.25, 0.3) is 0 Å². The molecule has 0 radical (unpaired) electrons. The van der Waals surface area contributed by atoms with Crippen LogP contribution in [-0.2, 0) is 60.7 Å². The molecule has 0 saturated carbocycles. The van der Waals surface area contributed by atoms with Gasteiger partial charge in [0.05, 0.1) is 100 Å². The molecular weight excluding hydrogens is 1890 g/mol. The van der Waals surface area contributed by atoms with Crippen LogP contribution in [0.2, 0.25) is 0 Å². The molecule has 0 spiro atoms. The van der Waals surface area contributed by atoms with Crippen LogP contribution in [0.5, 0.6) is 34.5 Å². The Hall–Kier alpha value is -6.14. The zero-order chi connectivity index (χ0) is 89.9. The molecule has 0 heterocycles. The van der Waals surface area contributed by atoms with Gasteiger partial charge >= 0.3 is 177 Å². The van der Waals surface area contributed by atoms with Crippen molar-refractivity contribution >= 4 is 147 Å². The third-order valence-corrected chi connectivity index (χ3v) is 27.0. The van der Waals surface area contributed by atoms with Crippen LogP contribution in [0.3, 0.4) is 0 Å². The molecule has 16 aromatic rings. The van der Waals surface area contributed by atoms with Gasteiger partial charge in [-0.1, -0.05) is 206 Å². The normalized spacial score (nSPS) is 11.9. The first-order valence-electron chi connectivity index (χ1n) is 41.0. The monoisotopic (exact) mass is 1970 g/mol. The van der Waals surface area contributed by atoms with E-state index in [9.17, 15) is 77.8 Å². The van der Waals surface area contributed by atoms with Crippen molar-refractivity contribution in [2.45, 2.75) is 38.5 Å². The Bertz CT molecular complexity index is 7150. The quantitative estimate of drug-likeness (QED) is 0.0221. The summed E-state index contributed by atoms with van der Waals surface area (Å²) in [5.74, 6) is -3.17. The number of hydrogen-bond acceptors (Lipinski definition) is 24. The van der Waals surface area contributed by atoms with Crippen molar-refractivity contribution in [2.75, 3.05) is 74.2 Å². The van der Waals surface area contributed by atoms with E-state index in [1.54, 1.807) is 24.3 Å². The zero-order valence-corrected chi connectivity index (χ0v) is 91.3. The molecule has 16 rings (SSSR count). The van der Waals surface area contributed by atoms with Crippen LogP contribution in [0.15, 0.2) is 267 Å². The second-order valence-corrected chi connectivity index (χ2v) is 40.1. The maximum absolute atomic E-state index is 12.2. The molecule has 0 bridgehead atoms. The van der Waals surface area contributed by atoms with Crippen LogP contribution in [-0.4, -0.2) is 152 Å². The molecule has 0 aliphatic carbocycles. The van der Waals surface area contributed by atoms with Gasteiger partial charge in [-0.05, 0) is 184 Å². The van der Waals surface area contributed by atoms with E-state index in [0.29, 0.717) is 110 Å². The summed E-state index contributed by atoms with van der Waals surface area (Å²) in [4.78, 5) is 0. The molecule has 0 atom stereocenters. The van der Waals surface area contributed by atoms with Crippen LogP contribution < -0.4 is 206 Å². The Kier molecular flexibility index (Phi) is 38.9. The number of ether oxygens (including phenoxy) is 6. The maximum Gasteiger partial charge on any atom is 1.00 e. The van der Waals surface area contributed by atoms with Gasteiger partial charge in [0, 0.05) is 113 Å². The van der Waals surface area contributed by atoms with Crippen LogP contribution in [0.25, 0.3) is 164 Å². The van der Waals surface area contributed by atoms with E-state index in [0.717, 1.165) is 54.2 Å². The summed E-state index contributed by atoms with van der Waals surface area (Å²) in [6.07, 6.45) is -1.20. The summed E-state index contributed by atoms with van der Waals surface area (Å²) in [6.45, 7) is -1.51.